The smallest absolute Gasteiger partial charge is 0.157 e. The molecule has 0 aromatic heterocycles. The summed E-state index contributed by atoms with van der Waals surface area (Å²) in [4.78, 5) is 14.4. The largest absolute Gasteiger partial charge is 0.497 e. The minimum absolute atomic E-state index is 0.388. The van der Waals surface area contributed by atoms with Gasteiger partial charge in [0.2, 0.25) is 0 Å². The van der Waals surface area contributed by atoms with E-state index < -0.39 is 19.8 Å². The molecule has 4 nitrogen and oxygen atoms in total. The predicted octanol–water partition coefficient (Wildman–Crippen LogP) is 4.97. The summed E-state index contributed by atoms with van der Waals surface area (Å²) >= 11 is 6.46. The third-order valence-corrected chi connectivity index (χ3v) is 6.98. The van der Waals surface area contributed by atoms with Crippen LogP contribution < -0.4 is 15.0 Å². The SMILES string of the molecule is COc1ccc(CN2c3ccc(Cl)cc3[C@@](C#C[Si](C)(C)C)(C3CC3)NC2C=O)cc1. The molecule has 4 rings (SSSR count). The molecule has 162 valence electrons. The van der Waals surface area contributed by atoms with E-state index in [0.717, 1.165) is 41.7 Å². The number of carbonyl (C=O) groups excluding carboxylic acids is 1. The maximum atomic E-state index is 12.3. The Hall–Kier alpha value is -2.26. The fraction of sp³-hybridized carbons (Fsp3) is 0.400. The molecule has 6 heteroatoms. The second kappa shape index (κ2) is 8.35. The molecule has 1 heterocycles. The molecule has 2 aliphatic rings. The highest BCUT2D eigenvalue weighted by atomic mass is 35.5. The molecule has 1 unspecified atom stereocenters. The fourth-order valence-corrected chi connectivity index (χ4v) is 4.92. The molecule has 2 aromatic rings. The number of nitrogens with zero attached hydrogens (tertiary/aromatic N) is 1. The Bertz CT molecular complexity index is 1030. The molecule has 2 aromatic carbocycles. The van der Waals surface area contributed by atoms with Gasteiger partial charge in [0.1, 0.15) is 25.5 Å². The Labute approximate surface area is 190 Å². The van der Waals surface area contributed by atoms with Crippen molar-refractivity contribution in [2.24, 2.45) is 5.92 Å². The lowest BCUT2D eigenvalue weighted by molar-refractivity contribution is -0.110. The van der Waals surface area contributed by atoms with Crippen molar-refractivity contribution in [3.05, 3.63) is 58.6 Å². The van der Waals surface area contributed by atoms with Crippen molar-refractivity contribution in [1.82, 2.24) is 5.32 Å². The van der Waals surface area contributed by atoms with Crippen molar-refractivity contribution in [3.8, 4) is 17.2 Å². The average Bonchev–Trinajstić information content (AvgIpc) is 3.59. The maximum absolute atomic E-state index is 12.3. The lowest BCUT2D eigenvalue weighted by atomic mass is 9.81. The zero-order valence-electron chi connectivity index (χ0n) is 18.5. The number of fused-ring (bicyclic) bond motifs is 1. The van der Waals surface area contributed by atoms with Crippen LogP contribution in [0.3, 0.4) is 0 Å². The van der Waals surface area contributed by atoms with Crippen molar-refractivity contribution in [3.63, 3.8) is 0 Å². The van der Waals surface area contributed by atoms with E-state index in [9.17, 15) is 4.79 Å². The van der Waals surface area contributed by atoms with Gasteiger partial charge in [0.15, 0.2) is 6.29 Å². The molecule has 0 radical (unpaired) electrons. The molecule has 1 N–H and O–H groups in total. The number of methoxy groups -OCH3 is 1. The van der Waals surface area contributed by atoms with E-state index >= 15 is 0 Å². The predicted molar refractivity (Wildman–Crippen MR) is 129 cm³/mol. The van der Waals surface area contributed by atoms with Crippen molar-refractivity contribution in [2.45, 2.75) is 50.7 Å². The van der Waals surface area contributed by atoms with Crippen LogP contribution >= 0.6 is 11.6 Å². The molecule has 0 bridgehead atoms. The molecule has 1 aliphatic carbocycles. The van der Waals surface area contributed by atoms with E-state index in [-0.39, 0.29) is 0 Å². The highest BCUT2D eigenvalue weighted by molar-refractivity contribution is 6.83. The van der Waals surface area contributed by atoms with E-state index in [2.05, 4.69) is 41.3 Å². The maximum Gasteiger partial charge on any atom is 0.157 e. The molecule has 2 atom stereocenters. The fourth-order valence-electron chi connectivity index (χ4n) is 4.18. The molecule has 1 saturated carbocycles. The zero-order valence-corrected chi connectivity index (χ0v) is 20.3. The second-order valence-corrected chi connectivity index (χ2v) is 14.6. The molecule has 0 saturated heterocycles. The molecule has 1 fully saturated rings. The number of anilines is 1. The minimum Gasteiger partial charge on any atom is -0.497 e. The summed E-state index contributed by atoms with van der Waals surface area (Å²) in [6.07, 6.45) is 2.73. The number of carbonyl (C=O) groups is 1. The first-order valence-electron chi connectivity index (χ1n) is 10.7. The highest BCUT2D eigenvalue weighted by Gasteiger charge is 2.51. The Kier molecular flexibility index (Phi) is 5.91. The van der Waals surface area contributed by atoms with Crippen LogP contribution in [-0.2, 0) is 16.9 Å². The highest BCUT2D eigenvalue weighted by Crippen LogP contribution is 2.51. The molecule has 31 heavy (non-hydrogen) atoms. The van der Waals surface area contributed by atoms with Crippen LogP contribution in [0.25, 0.3) is 0 Å². The lowest BCUT2D eigenvalue weighted by Crippen LogP contribution is -2.61. The third kappa shape index (κ3) is 4.52. The first kappa shape index (κ1) is 21.9. The molecule has 1 aliphatic heterocycles. The standard InChI is InChI=1S/C25H29ClN2O2Si/c1-30-21-10-5-18(6-11-21)16-28-23-12-9-20(26)15-22(23)25(19-7-8-19,27-24(28)17-29)13-14-31(2,3)4/h5-6,9-12,15,17,19,24,27H,7-8,16H2,1-4H3/t24?,25-/m1/s1. The molecular weight excluding hydrogens is 424 g/mol. The van der Waals surface area contributed by atoms with Crippen molar-refractivity contribution in [1.29, 1.82) is 0 Å². The van der Waals surface area contributed by atoms with Crippen LogP contribution in [0.1, 0.15) is 24.0 Å². The van der Waals surface area contributed by atoms with Gasteiger partial charge in [0, 0.05) is 22.8 Å². The number of aldehydes is 1. The number of rotatable bonds is 5. The van der Waals surface area contributed by atoms with Gasteiger partial charge in [-0.3, -0.25) is 10.1 Å². The van der Waals surface area contributed by atoms with Crippen LogP contribution in [0.4, 0.5) is 5.69 Å². The van der Waals surface area contributed by atoms with Gasteiger partial charge in [-0.15, -0.1) is 5.54 Å². The Morgan fingerprint density at radius 1 is 1.23 bits per heavy atom. The Morgan fingerprint density at radius 2 is 1.94 bits per heavy atom. The van der Waals surface area contributed by atoms with E-state index in [1.54, 1.807) is 7.11 Å². The van der Waals surface area contributed by atoms with Gasteiger partial charge < -0.3 is 9.64 Å². The number of nitrogens with one attached hydrogen (secondary N) is 1. The Morgan fingerprint density at radius 3 is 2.52 bits per heavy atom. The van der Waals surface area contributed by atoms with Gasteiger partial charge in [-0.1, -0.05) is 49.3 Å². The summed E-state index contributed by atoms with van der Waals surface area (Å²) in [6.45, 7) is 7.33. The van der Waals surface area contributed by atoms with E-state index in [0.29, 0.717) is 17.5 Å². The normalized spacial score (nSPS) is 22.9. The summed E-state index contributed by atoms with van der Waals surface area (Å²) in [7, 11) is 0.0494. The molecule has 0 spiro atoms. The number of ether oxygens (including phenoxy) is 1. The first-order chi connectivity index (χ1) is 14.8. The van der Waals surface area contributed by atoms with Crippen molar-refractivity contribution in [2.75, 3.05) is 12.0 Å². The van der Waals surface area contributed by atoms with Gasteiger partial charge in [0.05, 0.1) is 7.11 Å². The van der Waals surface area contributed by atoms with Crippen LogP contribution in [0, 0.1) is 17.4 Å². The van der Waals surface area contributed by atoms with Gasteiger partial charge >= 0.3 is 0 Å². The third-order valence-electron chi connectivity index (χ3n) is 5.87. The van der Waals surface area contributed by atoms with Gasteiger partial charge in [0.25, 0.3) is 0 Å². The monoisotopic (exact) mass is 452 g/mol. The number of hydrogen-bond donors (Lipinski definition) is 1. The number of hydrogen-bond acceptors (Lipinski definition) is 4. The Balaban J connectivity index is 1.81. The van der Waals surface area contributed by atoms with Crippen LogP contribution in [0.2, 0.25) is 24.7 Å². The van der Waals surface area contributed by atoms with Crippen LogP contribution in [0.5, 0.6) is 5.75 Å². The summed E-state index contributed by atoms with van der Waals surface area (Å²) in [5.74, 6) is 4.83. The summed E-state index contributed by atoms with van der Waals surface area (Å²) in [6, 6.07) is 13.9. The molecule has 0 amide bonds. The topological polar surface area (TPSA) is 41.6 Å². The van der Waals surface area contributed by atoms with E-state index in [1.165, 1.54) is 0 Å². The average molecular weight is 453 g/mol. The van der Waals surface area contributed by atoms with Gasteiger partial charge in [-0.05, 0) is 54.7 Å². The molecular formula is C25H29ClN2O2Si. The van der Waals surface area contributed by atoms with Gasteiger partial charge in [-0.25, -0.2) is 0 Å². The number of benzene rings is 2. The number of halogens is 1. The summed E-state index contributed by atoms with van der Waals surface area (Å²) in [5, 5.41) is 4.34. The van der Waals surface area contributed by atoms with Crippen LogP contribution in [-0.4, -0.2) is 27.6 Å². The zero-order chi connectivity index (χ0) is 22.2. The summed E-state index contributed by atoms with van der Waals surface area (Å²) in [5.41, 5.74) is 6.24. The van der Waals surface area contributed by atoms with E-state index in [1.807, 2.05) is 42.5 Å². The van der Waals surface area contributed by atoms with Gasteiger partial charge in [-0.2, -0.15) is 0 Å². The van der Waals surface area contributed by atoms with Crippen LogP contribution in [0.15, 0.2) is 42.5 Å². The second-order valence-electron chi connectivity index (χ2n) is 9.44. The minimum atomic E-state index is -1.61. The van der Waals surface area contributed by atoms with Crippen molar-refractivity contribution < 1.29 is 9.53 Å². The lowest BCUT2D eigenvalue weighted by Gasteiger charge is -2.46. The van der Waals surface area contributed by atoms with E-state index in [4.69, 9.17) is 16.3 Å². The summed E-state index contributed by atoms with van der Waals surface area (Å²) < 4.78 is 5.28. The first-order valence-corrected chi connectivity index (χ1v) is 14.6. The quantitative estimate of drug-likeness (QED) is 0.395. The van der Waals surface area contributed by atoms with Crippen molar-refractivity contribution >= 4 is 31.6 Å².